The Morgan fingerprint density at radius 1 is 1.29 bits per heavy atom. The number of benzene rings is 1. The molecule has 2 rings (SSSR count). The van der Waals surface area contributed by atoms with Gasteiger partial charge in [0.15, 0.2) is 0 Å². The van der Waals surface area contributed by atoms with Crippen LogP contribution in [0.25, 0.3) is 0 Å². The van der Waals surface area contributed by atoms with Gasteiger partial charge in [0.05, 0.1) is 5.92 Å². The van der Waals surface area contributed by atoms with Crippen molar-refractivity contribution >= 4 is 23.4 Å². The van der Waals surface area contributed by atoms with Gasteiger partial charge in [0.2, 0.25) is 0 Å². The van der Waals surface area contributed by atoms with E-state index in [9.17, 15) is 9.59 Å². The first-order chi connectivity index (χ1) is 9.97. The number of carbonyl (C=O) groups excluding carboxylic acids is 1. The van der Waals surface area contributed by atoms with Crippen LogP contribution in [0.4, 0.5) is 16.2 Å². The predicted molar refractivity (Wildman–Crippen MR) is 81.7 cm³/mol. The van der Waals surface area contributed by atoms with Gasteiger partial charge in [-0.3, -0.25) is 4.79 Å². The number of hydrogen-bond donors (Lipinski definition) is 2. The van der Waals surface area contributed by atoms with Crippen LogP contribution in [-0.2, 0) is 4.79 Å². The Morgan fingerprint density at radius 3 is 2.52 bits per heavy atom. The summed E-state index contributed by atoms with van der Waals surface area (Å²) in [4.78, 5) is 26.7. The summed E-state index contributed by atoms with van der Waals surface area (Å²) in [5.41, 5.74) is 1.76. The van der Waals surface area contributed by atoms with E-state index in [-0.39, 0.29) is 12.6 Å². The summed E-state index contributed by atoms with van der Waals surface area (Å²) in [5, 5.41) is 11.9. The second-order valence-corrected chi connectivity index (χ2v) is 5.49. The van der Waals surface area contributed by atoms with Crippen LogP contribution in [0.1, 0.15) is 12.8 Å². The summed E-state index contributed by atoms with van der Waals surface area (Å²) in [6, 6.07) is 7.29. The molecule has 1 aliphatic rings. The van der Waals surface area contributed by atoms with E-state index in [0.717, 1.165) is 12.1 Å². The van der Waals surface area contributed by atoms with Crippen LogP contribution >= 0.6 is 0 Å². The Kier molecular flexibility index (Phi) is 4.67. The van der Waals surface area contributed by atoms with Crippen LogP contribution < -0.4 is 10.2 Å². The van der Waals surface area contributed by atoms with Crippen molar-refractivity contribution in [1.29, 1.82) is 0 Å². The van der Waals surface area contributed by atoms with Gasteiger partial charge in [-0.05, 0) is 37.1 Å². The third-order valence-corrected chi connectivity index (χ3v) is 3.69. The van der Waals surface area contributed by atoms with Gasteiger partial charge in [-0.2, -0.15) is 0 Å². The van der Waals surface area contributed by atoms with Crippen LogP contribution in [0.15, 0.2) is 24.3 Å². The Morgan fingerprint density at radius 2 is 1.95 bits per heavy atom. The summed E-state index contributed by atoms with van der Waals surface area (Å²) in [5.74, 6) is -1.29. The van der Waals surface area contributed by atoms with E-state index in [1.165, 1.54) is 0 Å². The number of nitrogens with zero attached hydrogens (tertiary/aromatic N) is 2. The zero-order valence-corrected chi connectivity index (χ0v) is 12.4. The van der Waals surface area contributed by atoms with E-state index in [1.807, 2.05) is 43.3 Å². The van der Waals surface area contributed by atoms with Gasteiger partial charge in [0.1, 0.15) is 0 Å². The predicted octanol–water partition coefficient (Wildman–Crippen LogP) is 2.08. The molecule has 2 N–H and O–H groups in total. The minimum absolute atomic E-state index is 0.237. The van der Waals surface area contributed by atoms with E-state index in [2.05, 4.69) is 5.32 Å². The molecular formula is C15H21N3O3. The molecule has 0 bridgehead atoms. The lowest BCUT2D eigenvalue weighted by atomic mass is 9.99. The number of amides is 2. The quantitative estimate of drug-likeness (QED) is 0.894. The number of anilines is 2. The molecule has 1 fully saturated rings. The molecule has 1 aromatic carbocycles. The van der Waals surface area contributed by atoms with Crippen molar-refractivity contribution < 1.29 is 14.7 Å². The van der Waals surface area contributed by atoms with Crippen molar-refractivity contribution in [3.8, 4) is 0 Å². The number of carboxylic acid groups (broad SMARTS) is 1. The normalized spacial score (nSPS) is 18.2. The minimum atomic E-state index is -0.831. The van der Waals surface area contributed by atoms with Crippen molar-refractivity contribution in [2.45, 2.75) is 12.8 Å². The van der Waals surface area contributed by atoms with Gasteiger partial charge in [-0.15, -0.1) is 0 Å². The molecule has 6 heteroatoms. The molecule has 1 saturated heterocycles. The molecule has 21 heavy (non-hydrogen) atoms. The van der Waals surface area contributed by atoms with Crippen molar-refractivity contribution in [1.82, 2.24) is 4.90 Å². The average Bonchev–Trinajstić information content (AvgIpc) is 2.48. The summed E-state index contributed by atoms with van der Waals surface area (Å²) in [6.07, 6.45) is 1.36. The van der Waals surface area contributed by atoms with Gasteiger partial charge in [-0.1, -0.05) is 0 Å². The van der Waals surface area contributed by atoms with Gasteiger partial charge in [-0.25, -0.2) is 4.79 Å². The van der Waals surface area contributed by atoms with Gasteiger partial charge in [0.25, 0.3) is 0 Å². The number of piperidine rings is 1. The highest BCUT2D eigenvalue weighted by molar-refractivity contribution is 5.90. The van der Waals surface area contributed by atoms with Crippen LogP contribution in [-0.4, -0.2) is 49.2 Å². The molecule has 0 saturated carbocycles. The number of carboxylic acids is 1. The van der Waals surface area contributed by atoms with Crippen LogP contribution in [0, 0.1) is 5.92 Å². The third kappa shape index (κ3) is 3.87. The van der Waals surface area contributed by atoms with Gasteiger partial charge >= 0.3 is 12.0 Å². The number of rotatable bonds is 3. The molecule has 0 aromatic heterocycles. The summed E-state index contributed by atoms with van der Waals surface area (Å²) in [7, 11) is 3.90. The van der Waals surface area contributed by atoms with Gasteiger partial charge in [0, 0.05) is 38.6 Å². The largest absolute Gasteiger partial charge is 0.481 e. The lowest BCUT2D eigenvalue weighted by Gasteiger charge is -2.30. The number of hydrogen-bond acceptors (Lipinski definition) is 3. The first kappa shape index (κ1) is 15.2. The fraction of sp³-hybridized carbons (Fsp3) is 0.467. The number of carbonyl (C=O) groups is 2. The van der Waals surface area contributed by atoms with E-state index in [4.69, 9.17) is 5.11 Å². The Hall–Kier alpha value is -2.24. The van der Waals surface area contributed by atoms with Crippen LogP contribution in [0.2, 0.25) is 0 Å². The summed E-state index contributed by atoms with van der Waals surface area (Å²) < 4.78 is 0. The van der Waals surface area contributed by atoms with Crippen molar-refractivity contribution in [3.63, 3.8) is 0 Å². The topological polar surface area (TPSA) is 72.9 Å². The first-order valence-electron chi connectivity index (χ1n) is 7.03. The fourth-order valence-electron chi connectivity index (χ4n) is 2.41. The van der Waals surface area contributed by atoms with E-state index in [0.29, 0.717) is 18.7 Å². The number of nitrogens with one attached hydrogen (secondary N) is 1. The average molecular weight is 291 g/mol. The molecule has 1 heterocycles. The zero-order valence-electron chi connectivity index (χ0n) is 12.4. The number of likely N-dealkylation sites (tertiary alicyclic amines) is 1. The lowest BCUT2D eigenvalue weighted by molar-refractivity contribution is -0.143. The lowest BCUT2D eigenvalue weighted by Crippen LogP contribution is -2.44. The molecule has 1 aliphatic heterocycles. The highest BCUT2D eigenvalue weighted by atomic mass is 16.4. The maximum Gasteiger partial charge on any atom is 0.321 e. The van der Waals surface area contributed by atoms with Crippen LogP contribution in [0.3, 0.4) is 0 Å². The third-order valence-electron chi connectivity index (χ3n) is 3.69. The Balaban J connectivity index is 1.96. The minimum Gasteiger partial charge on any atom is -0.481 e. The summed E-state index contributed by atoms with van der Waals surface area (Å²) >= 11 is 0. The van der Waals surface area contributed by atoms with Crippen molar-refractivity contribution in [2.75, 3.05) is 37.4 Å². The first-order valence-corrected chi connectivity index (χ1v) is 7.03. The monoisotopic (exact) mass is 291 g/mol. The second-order valence-electron chi connectivity index (χ2n) is 5.49. The van der Waals surface area contributed by atoms with Crippen molar-refractivity contribution in [2.24, 2.45) is 5.92 Å². The molecule has 0 spiro atoms. The molecule has 0 aliphatic carbocycles. The molecule has 0 radical (unpaired) electrons. The molecule has 114 valence electrons. The number of urea groups is 1. The highest BCUT2D eigenvalue weighted by Crippen LogP contribution is 2.19. The molecule has 1 atom stereocenters. The fourth-order valence-corrected chi connectivity index (χ4v) is 2.41. The SMILES string of the molecule is CN(C)c1ccc(NC(=O)N2CCC[C@@H](C(=O)O)C2)cc1. The molecule has 1 aromatic rings. The second kappa shape index (κ2) is 6.47. The highest BCUT2D eigenvalue weighted by Gasteiger charge is 2.28. The standard InChI is InChI=1S/C15H21N3O3/c1-17(2)13-7-5-12(6-8-13)16-15(21)18-9-3-4-11(10-18)14(19)20/h5-8,11H,3-4,9-10H2,1-2H3,(H,16,21)(H,19,20)/t11-/m1/s1. The number of aliphatic carboxylic acids is 1. The molecular weight excluding hydrogens is 270 g/mol. The van der Waals surface area contributed by atoms with E-state index in [1.54, 1.807) is 4.90 Å². The Labute approximate surface area is 124 Å². The summed E-state index contributed by atoms with van der Waals surface area (Å²) in [6.45, 7) is 0.877. The maximum atomic E-state index is 12.2. The van der Waals surface area contributed by atoms with Crippen LogP contribution in [0.5, 0.6) is 0 Å². The molecule has 0 unspecified atom stereocenters. The molecule has 2 amide bonds. The maximum absolute atomic E-state index is 12.2. The van der Waals surface area contributed by atoms with Gasteiger partial charge < -0.3 is 20.2 Å². The molecule has 6 nitrogen and oxygen atoms in total. The van der Waals surface area contributed by atoms with E-state index >= 15 is 0 Å². The van der Waals surface area contributed by atoms with E-state index < -0.39 is 11.9 Å². The smallest absolute Gasteiger partial charge is 0.321 e. The Bertz CT molecular complexity index is 513. The zero-order chi connectivity index (χ0) is 15.4. The van der Waals surface area contributed by atoms with Crippen molar-refractivity contribution in [3.05, 3.63) is 24.3 Å².